The average molecular weight is 697 g/mol. The fourth-order valence-corrected chi connectivity index (χ4v) is 5.01. The first-order valence-electron chi connectivity index (χ1n) is 11.9. The van der Waals surface area contributed by atoms with Crippen LogP contribution in [0.3, 0.4) is 0 Å². The van der Waals surface area contributed by atoms with Crippen LogP contribution in [0.25, 0.3) is 21.0 Å². The molecule has 3 heterocycles. The Morgan fingerprint density at radius 3 is 2.23 bits per heavy atom. The molecule has 1 aliphatic heterocycles. The van der Waals surface area contributed by atoms with Crippen LogP contribution in [0.5, 0.6) is 0 Å². The number of nitrogens with two attached hydrogens (primary N) is 3. The maximum atomic E-state index is 11.1. The molecule has 1 saturated heterocycles. The van der Waals surface area contributed by atoms with Gasteiger partial charge in [0.2, 0.25) is 0 Å². The zero-order chi connectivity index (χ0) is 28.9. The number of Topliss-reactive ketones (excluding diaryl/α,β-unsaturated/α-hetero) is 1. The topological polar surface area (TPSA) is 157 Å². The lowest BCUT2D eigenvalue weighted by molar-refractivity contribution is 0.0702. The van der Waals surface area contributed by atoms with Gasteiger partial charge in [0, 0.05) is 56.0 Å². The number of thiophene rings is 1. The molecule has 0 saturated carbocycles. The number of nitrogens with one attached hydrogen (secondary N) is 1. The summed E-state index contributed by atoms with van der Waals surface area (Å²) >= 11 is 8.00. The molecule has 8 nitrogen and oxygen atoms in total. The molecule has 11 heteroatoms. The van der Waals surface area contributed by atoms with Gasteiger partial charge in [-0.05, 0) is 61.2 Å². The second-order valence-corrected chi connectivity index (χ2v) is 11.3. The number of benzene rings is 2. The smallest absolute Gasteiger partial charge is 0.345 e. The predicted octanol–water partition coefficient (Wildman–Crippen LogP) is 7.19. The average Bonchev–Trinajstić information content (AvgIpc) is 3.64. The largest absolute Gasteiger partial charge is 0.477 e. The molecule has 0 radical (unpaired) electrons. The van der Waals surface area contributed by atoms with Crippen molar-refractivity contribution in [3.05, 3.63) is 92.1 Å². The number of hydrogen-bond donors (Lipinski definition) is 5. The zero-order valence-electron chi connectivity index (χ0n) is 21.6. The number of H-pyrrole nitrogens is 1. The monoisotopic (exact) mass is 694 g/mol. The fraction of sp³-hybridized carbons (Fsp3) is 0.241. The Hall–Kier alpha value is -2.96. The van der Waals surface area contributed by atoms with Gasteiger partial charge in [-0.2, -0.15) is 0 Å². The van der Waals surface area contributed by atoms with Gasteiger partial charge in [-0.25, -0.2) is 4.79 Å². The normalized spacial score (nSPS) is 14.3. The highest BCUT2D eigenvalue weighted by Crippen LogP contribution is 2.28. The Morgan fingerprint density at radius 2 is 1.75 bits per heavy atom. The van der Waals surface area contributed by atoms with E-state index in [-0.39, 0.29) is 13.2 Å². The summed E-state index contributed by atoms with van der Waals surface area (Å²) in [6.45, 7) is 5.07. The summed E-state index contributed by atoms with van der Waals surface area (Å²) in [6.07, 6.45) is 5.97. The third-order valence-corrected chi connectivity index (χ3v) is 7.25. The van der Waals surface area contributed by atoms with E-state index >= 15 is 0 Å². The fourth-order valence-electron chi connectivity index (χ4n) is 3.20. The molecule has 0 bridgehead atoms. The maximum absolute atomic E-state index is 11.1. The number of carboxylic acid groups (broad SMARTS) is 1. The summed E-state index contributed by atoms with van der Waals surface area (Å²) in [4.78, 5) is 25.1. The number of aromatic nitrogens is 1. The van der Waals surface area contributed by atoms with Crippen LogP contribution in [0.1, 0.15) is 47.9 Å². The van der Waals surface area contributed by atoms with Gasteiger partial charge < -0.3 is 32.0 Å². The summed E-state index contributed by atoms with van der Waals surface area (Å²) in [5, 5.41) is 10.8. The van der Waals surface area contributed by atoms with Crippen molar-refractivity contribution in [2.75, 3.05) is 13.2 Å². The van der Waals surface area contributed by atoms with Gasteiger partial charge in [0.15, 0.2) is 5.78 Å². The van der Waals surface area contributed by atoms with Crippen molar-refractivity contribution in [3.8, 4) is 0 Å². The highest BCUT2D eigenvalue weighted by Gasteiger charge is 2.08. The van der Waals surface area contributed by atoms with E-state index in [9.17, 15) is 9.59 Å². The second kappa shape index (κ2) is 17.7. The predicted molar refractivity (Wildman–Crippen MR) is 174 cm³/mol. The number of hydrogen-bond acceptors (Lipinski definition) is 7. The van der Waals surface area contributed by atoms with Crippen LogP contribution in [0, 0.1) is 0 Å². The van der Waals surface area contributed by atoms with Crippen LogP contribution in [-0.4, -0.2) is 41.1 Å². The van der Waals surface area contributed by atoms with Gasteiger partial charge in [-0.3, -0.25) is 4.79 Å². The Morgan fingerprint density at radius 1 is 1.10 bits per heavy atom. The van der Waals surface area contributed by atoms with Crippen molar-refractivity contribution >= 4 is 75.9 Å². The van der Waals surface area contributed by atoms with E-state index in [0.717, 1.165) is 49.6 Å². The molecule has 1 aliphatic rings. The lowest BCUT2D eigenvalue weighted by atomic mass is 10.2. The van der Waals surface area contributed by atoms with Crippen LogP contribution >= 0.6 is 43.2 Å². The van der Waals surface area contributed by atoms with Crippen molar-refractivity contribution in [3.63, 3.8) is 0 Å². The van der Waals surface area contributed by atoms with E-state index in [0.29, 0.717) is 22.3 Å². The highest BCUT2D eigenvalue weighted by atomic mass is 79.9. The highest BCUT2D eigenvalue weighted by molar-refractivity contribution is 9.10. The molecular weight excluding hydrogens is 660 g/mol. The van der Waals surface area contributed by atoms with Crippen molar-refractivity contribution in [1.29, 1.82) is 0 Å². The number of aromatic carboxylic acids is 1. The molecule has 1 unspecified atom stereocenters. The number of carbonyl (C=O) groups excluding carboxylic acids is 1. The lowest BCUT2D eigenvalue weighted by Gasteiger charge is -1.90. The van der Waals surface area contributed by atoms with Crippen LogP contribution in [0.4, 0.5) is 0 Å². The molecule has 8 N–H and O–H groups in total. The zero-order valence-corrected chi connectivity index (χ0v) is 25.6. The first kappa shape index (κ1) is 35.1. The first-order valence-corrected chi connectivity index (χ1v) is 14.3. The van der Waals surface area contributed by atoms with Gasteiger partial charge in [0.05, 0.1) is 12.3 Å². The molecule has 40 heavy (non-hydrogen) atoms. The molecule has 2 aromatic heterocycles. The number of carbonyl (C=O) groups is 2. The number of allylic oxidation sites excluding steroid dienone is 2. The summed E-state index contributed by atoms with van der Waals surface area (Å²) in [5.74, 6) is -0.801. The summed E-state index contributed by atoms with van der Waals surface area (Å²) < 4.78 is 7.91. The molecule has 0 amide bonds. The van der Waals surface area contributed by atoms with Crippen LogP contribution in [-0.2, 0) is 4.74 Å². The van der Waals surface area contributed by atoms with E-state index in [2.05, 4.69) is 36.8 Å². The van der Waals surface area contributed by atoms with Crippen molar-refractivity contribution < 1.29 is 19.4 Å². The van der Waals surface area contributed by atoms with E-state index in [1.807, 2.05) is 55.5 Å². The first-order chi connectivity index (χ1) is 18.5. The molecular formula is C29H36Br2N4O4S. The van der Waals surface area contributed by atoms with Gasteiger partial charge in [-0.1, -0.05) is 57.5 Å². The standard InChI is InChI=1S/C10H8BrNO.C9H5BrO2S.C5H10N2.C4H9NO.CH4/c1-6(13)9-4-7-2-3-8(11)5-10(7)12-9;10-6-2-1-5-3-8(9(11)12)13-7(5)4-6;1-2-3-5(7)4-6;5-4-1-2-6-3-4;/h2-5,12H,1H3;1-4H,(H,11,12);2-4H,6-7H2,1H3;4H,1-3,5H2;1H4/b;;3-2-,5-4+;;. The van der Waals surface area contributed by atoms with E-state index in [4.69, 9.17) is 27.0 Å². The number of ketones is 1. The molecule has 5 rings (SSSR count). The van der Waals surface area contributed by atoms with Gasteiger partial charge in [-0.15, -0.1) is 11.3 Å². The summed E-state index contributed by atoms with van der Waals surface area (Å²) in [5.41, 5.74) is 17.9. The van der Waals surface area contributed by atoms with Gasteiger partial charge in [0.25, 0.3) is 0 Å². The number of halogens is 2. The molecule has 0 spiro atoms. The van der Waals surface area contributed by atoms with Crippen LogP contribution in [0.15, 0.2) is 81.5 Å². The molecule has 0 aliphatic carbocycles. The van der Waals surface area contributed by atoms with Crippen molar-refractivity contribution in [1.82, 2.24) is 4.98 Å². The van der Waals surface area contributed by atoms with E-state index < -0.39 is 5.97 Å². The number of carboxylic acids is 1. The van der Waals surface area contributed by atoms with Gasteiger partial charge in [0.1, 0.15) is 4.88 Å². The van der Waals surface area contributed by atoms with Crippen LogP contribution in [0.2, 0.25) is 0 Å². The Kier molecular flexibility index (Phi) is 15.5. The molecule has 1 atom stereocenters. The molecule has 216 valence electrons. The maximum Gasteiger partial charge on any atom is 0.345 e. The Labute approximate surface area is 255 Å². The van der Waals surface area contributed by atoms with Gasteiger partial charge >= 0.3 is 5.97 Å². The quantitative estimate of drug-likeness (QED) is 0.112. The minimum atomic E-state index is -0.864. The summed E-state index contributed by atoms with van der Waals surface area (Å²) in [7, 11) is 0. The van der Waals surface area contributed by atoms with E-state index in [1.165, 1.54) is 17.5 Å². The van der Waals surface area contributed by atoms with Crippen LogP contribution < -0.4 is 17.2 Å². The molecule has 1 fully saturated rings. The van der Waals surface area contributed by atoms with E-state index in [1.54, 1.807) is 19.1 Å². The Bertz CT molecular complexity index is 1370. The van der Waals surface area contributed by atoms with Crippen molar-refractivity contribution in [2.45, 2.75) is 33.7 Å². The number of aromatic amines is 1. The van der Waals surface area contributed by atoms with Crippen molar-refractivity contribution in [2.24, 2.45) is 17.2 Å². The number of rotatable bonds is 3. The molecule has 4 aromatic rings. The third kappa shape index (κ3) is 11.6. The SMILES string of the molecule is C.C/C=C\C(N)=C/N.CC(=O)c1cc2ccc(Br)cc2[nH]1.NC1CCOC1.O=C(O)c1cc2ccc(Br)cc2s1. The lowest BCUT2D eigenvalue weighted by Crippen LogP contribution is -2.18. The summed E-state index contributed by atoms with van der Waals surface area (Å²) in [6, 6.07) is 15.5. The number of fused-ring (bicyclic) bond motifs is 2. The Balaban J connectivity index is 0.000000279. The minimum absolute atomic E-state index is 0. The third-order valence-electron chi connectivity index (χ3n) is 5.17. The minimum Gasteiger partial charge on any atom is -0.477 e. The number of ether oxygens (including phenoxy) is 1. The second-order valence-electron chi connectivity index (χ2n) is 8.36. The molecule has 2 aromatic carbocycles.